The molecule has 3 rings (SSSR count). The lowest BCUT2D eigenvalue weighted by molar-refractivity contribution is -0.119. The summed E-state index contributed by atoms with van der Waals surface area (Å²) >= 11 is 1.26. The van der Waals surface area contributed by atoms with Crippen LogP contribution < -0.4 is 5.32 Å². The van der Waals surface area contributed by atoms with E-state index in [4.69, 9.17) is 4.42 Å². The molecule has 1 N–H and O–H groups in total. The average Bonchev–Trinajstić information content (AvgIpc) is 3.20. The molecule has 0 spiro atoms. The van der Waals surface area contributed by atoms with Gasteiger partial charge in [0.1, 0.15) is 0 Å². The molecule has 0 aliphatic heterocycles. The summed E-state index contributed by atoms with van der Waals surface area (Å²) in [7, 11) is 0. The van der Waals surface area contributed by atoms with Crippen LogP contribution in [-0.4, -0.2) is 27.9 Å². The number of amides is 1. The number of rotatable bonds is 8. The highest BCUT2D eigenvalue weighted by molar-refractivity contribution is 7.99. The summed E-state index contributed by atoms with van der Waals surface area (Å²) in [4.78, 5) is 12.2. The van der Waals surface area contributed by atoms with Crippen molar-refractivity contribution in [2.24, 2.45) is 0 Å². The molecule has 1 amide bonds. The Balaban J connectivity index is 1.46. The zero-order valence-electron chi connectivity index (χ0n) is 18.0. The monoisotopic (exact) mass is 423 g/mol. The fraction of sp³-hybridized carbons (Fsp3) is 0.375. The number of hydrogen-bond acceptors (Lipinski definition) is 5. The van der Waals surface area contributed by atoms with E-state index in [2.05, 4.69) is 60.6 Å². The van der Waals surface area contributed by atoms with Gasteiger partial charge in [0.2, 0.25) is 11.8 Å². The minimum atomic E-state index is -0.0326. The van der Waals surface area contributed by atoms with Gasteiger partial charge in [-0.1, -0.05) is 75.0 Å². The highest BCUT2D eigenvalue weighted by Crippen LogP contribution is 2.27. The van der Waals surface area contributed by atoms with E-state index < -0.39 is 0 Å². The number of carbonyl (C=O) groups is 1. The van der Waals surface area contributed by atoms with Crippen LogP contribution in [0.15, 0.2) is 64.2 Å². The average molecular weight is 424 g/mol. The largest absolute Gasteiger partial charge is 0.411 e. The van der Waals surface area contributed by atoms with Crippen LogP contribution in [0.5, 0.6) is 0 Å². The molecule has 0 unspecified atom stereocenters. The van der Waals surface area contributed by atoms with Crippen LogP contribution in [0.2, 0.25) is 0 Å². The number of nitrogens with zero attached hydrogens (tertiary/aromatic N) is 2. The lowest BCUT2D eigenvalue weighted by atomic mass is 9.87. The summed E-state index contributed by atoms with van der Waals surface area (Å²) in [6.45, 7) is 8.56. The van der Waals surface area contributed by atoms with Crippen molar-refractivity contribution in [3.8, 4) is 11.5 Å². The first-order valence-corrected chi connectivity index (χ1v) is 11.2. The van der Waals surface area contributed by atoms with Crippen molar-refractivity contribution in [1.29, 1.82) is 0 Å². The van der Waals surface area contributed by atoms with E-state index in [1.807, 2.05) is 37.3 Å². The molecule has 0 saturated heterocycles. The Morgan fingerprint density at radius 3 is 2.43 bits per heavy atom. The number of nitrogens with one attached hydrogen (secondary N) is 1. The normalized spacial score (nSPS) is 12.5. The summed E-state index contributed by atoms with van der Waals surface area (Å²) in [5.74, 6) is 0.685. The van der Waals surface area contributed by atoms with E-state index in [1.54, 1.807) is 0 Å². The predicted molar refractivity (Wildman–Crippen MR) is 122 cm³/mol. The second-order valence-corrected chi connectivity index (χ2v) is 9.41. The third-order valence-corrected chi connectivity index (χ3v) is 5.67. The van der Waals surface area contributed by atoms with Gasteiger partial charge < -0.3 is 9.73 Å². The minimum absolute atomic E-state index is 0.0326. The Kier molecular flexibility index (Phi) is 7.32. The third kappa shape index (κ3) is 6.46. The second-order valence-electron chi connectivity index (χ2n) is 8.48. The molecule has 5 nitrogen and oxygen atoms in total. The van der Waals surface area contributed by atoms with E-state index in [9.17, 15) is 4.79 Å². The van der Waals surface area contributed by atoms with Crippen LogP contribution >= 0.6 is 11.8 Å². The van der Waals surface area contributed by atoms with Crippen molar-refractivity contribution in [2.75, 3.05) is 5.75 Å². The van der Waals surface area contributed by atoms with Gasteiger partial charge in [0, 0.05) is 11.6 Å². The van der Waals surface area contributed by atoms with E-state index >= 15 is 0 Å². The molecule has 1 aromatic heterocycles. The molecule has 0 fully saturated rings. The Morgan fingerprint density at radius 2 is 1.77 bits per heavy atom. The molecule has 0 saturated carbocycles. The van der Waals surface area contributed by atoms with E-state index in [-0.39, 0.29) is 23.1 Å². The molecule has 30 heavy (non-hydrogen) atoms. The van der Waals surface area contributed by atoms with Crippen molar-refractivity contribution < 1.29 is 9.21 Å². The SMILES string of the molecule is C[C@H](CCc1ccccc1)NC(=O)CSc1nnc(-c2ccc(C(C)(C)C)cc2)o1. The zero-order valence-corrected chi connectivity index (χ0v) is 18.8. The van der Waals surface area contributed by atoms with Crippen molar-refractivity contribution in [3.63, 3.8) is 0 Å². The summed E-state index contributed by atoms with van der Waals surface area (Å²) in [5, 5.41) is 11.6. The summed E-state index contributed by atoms with van der Waals surface area (Å²) in [5.41, 5.74) is 3.50. The van der Waals surface area contributed by atoms with Crippen LogP contribution in [0, 0.1) is 0 Å². The molecule has 2 aromatic carbocycles. The molecule has 6 heteroatoms. The first kappa shape index (κ1) is 22.1. The van der Waals surface area contributed by atoms with Gasteiger partial charge in [0.25, 0.3) is 5.22 Å². The van der Waals surface area contributed by atoms with Crippen LogP contribution in [0.25, 0.3) is 11.5 Å². The van der Waals surface area contributed by atoms with Gasteiger partial charge in [-0.15, -0.1) is 10.2 Å². The number of thioether (sulfide) groups is 1. The number of benzene rings is 2. The highest BCUT2D eigenvalue weighted by Gasteiger charge is 2.16. The van der Waals surface area contributed by atoms with Gasteiger partial charge in [-0.3, -0.25) is 4.79 Å². The van der Waals surface area contributed by atoms with Crippen LogP contribution in [0.1, 0.15) is 45.2 Å². The van der Waals surface area contributed by atoms with Crippen molar-refractivity contribution in [1.82, 2.24) is 15.5 Å². The Hall–Kier alpha value is -2.60. The summed E-state index contributed by atoms with van der Waals surface area (Å²) in [6.07, 6.45) is 1.84. The number of aryl methyl sites for hydroxylation is 1. The van der Waals surface area contributed by atoms with Crippen LogP contribution in [0.3, 0.4) is 0 Å². The van der Waals surface area contributed by atoms with Gasteiger partial charge in [0.05, 0.1) is 5.75 Å². The minimum Gasteiger partial charge on any atom is -0.411 e. The molecule has 0 aliphatic carbocycles. The first-order valence-electron chi connectivity index (χ1n) is 10.2. The summed E-state index contributed by atoms with van der Waals surface area (Å²) in [6, 6.07) is 18.5. The van der Waals surface area contributed by atoms with E-state index in [1.165, 1.54) is 22.9 Å². The smallest absolute Gasteiger partial charge is 0.277 e. The van der Waals surface area contributed by atoms with Gasteiger partial charge >= 0.3 is 0 Å². The maximum atomic E-state index is 12.2. The van der Waals surface area contributed by atoms with E-state index in [0.717, 1.165) is 18.4 Å². The lowest BCUT2D eigenvalue weighted by Gasteiger charge is -2.18. The highest BCUT2D eigenvalue weighted by atomic mass is 32.2. The van der Waals surface area contributed by atoms with Crippen molar-refractivity contribution in [3.05, 3.63) is 65.7 Å². The Morgan fingerprint density at radius 1 is 1.07 bits per heavy atom. The number of hydrogen-bond donors (Lipinski definition) is 1. The predicted octanol–water partition coefficient (Wildman–Crippen LogP) is 5.26. The molecule has 0 aliphatic rings. The van der Waals surface area contributed by atoms with Gasteiger partial charge in [-0.05, 0) is 48.4 Å². The fourth-order valence-corrected chi connectivity index (χ4v) is 3.62. The molecule has 0 bridgehead atoms. The van der Waals surface area contributed by atoms with E-state index in [0.29, 0.717) is 11.1 Å². The first-order chi connectivity index (χ1) is 14.3. The quantitative estimate of drug-likeness (QED) is 0.500. The Bertz CT molecular complexity index is 947. The lowest BCUT2D eigenvalue weighted by Crippen LogP contribution is -2.34. The standard InChI is InChI=1S/C24H29N3O2S/c1-17(10-11-18-8-6-5-7-9-18)25-21(28)16-30-23-27-26-22(29-23)19-12-14-20(15-13-19)24(2,3)4/h5-9,12-15,17H,10-11,16H2,1-4H3,(H,25,28)/t17-/m1/s1. The van der Waals surface area contributed by atoms with Crippen LogP contribution in [-0.2, 0) is 16.6 Å². The van der Waals surface area contributed by atoms with Crippen molar-refractivity contribution in [2.45, 2.75) is 57.2 Å². The molecular formula is C24H29N3O2S. The molecule has 0 radical (unpaired) electrons. The topological polar surface area (TPSA) is 68.0 Å². The van der Waals surface area contributed by atoms with Gasteiger partial charge in [-0.25, -0.2) is 0 Å². The zero-order chi connectivity index (χ0) is 21.6. The maximum Gasteiger partial charge on any atom is 0.277 e. The summed E-state index contributed by atoms with van der Waals surface area (Å²) < 4.78 is 5.72. The third-order valence-electron chi connectivity index (χ3n) is 4.85. The molecule has 3 aromatic rings. The van der Waals surface area contributed by atoms with Crippen molar-refractivity contribution >= 4 is 17.7 Å². The maximum absolute atomic E-state index is 12.2. The molecule has 158 valence electrons. The number of aromatic nitrogens is 2. The van der Waals surface area contributed by atoms with Gasteiger partial charge in [-0.2, -0.15) is 0 Å². The van der Waals surface area contributed by atoms with Crippen LogP contribution in [0.4, 0.5) is 0 Å². The fourth-order valence-electron chi connectivity index (χ4n) is 3.04. The molecular weight excluding hydrogens is 394 g/mol. The molecule has 1 atom stereocenters. The van der Waals surface area contributed by atoms with Gasteiger partial charge in [0.15, 0.2) is 0 Å². The second kappa shape index (κ2) is 9.94. The number of carbonyl (C=O) groups excluding carboxylic acids is 1. The molecule has 1 heterocycles. The Labute approximate surface area is 182 Å².